The first-order valence-corrected chi connectivity index (χ1v) is 6.73. The van der Waals surface area contributed by atoms with Crippen molar-refractivity contribution in [3.63, 3.8) is 0 Å². The first-order valence-electron chi connectivity index (χ1n) is 5.92. The van der Waals surface area contributed by atoms with Gasteiger partial charge in [-0.2, -0.15) is 0 Å². The highest BCUT2D eigenvalue weighted by Gasteiger charge is 2.06. The number of pyridine rings is 1. The van der Waals surface area contributed by atoms with E-state index in [1.54, 1.807) is 0 Å². The Kier molecular flexibility index (Phi) is 7.09. The van der Waals surface area contributed by atoms with Crippen LogP contribution < -0.4 is 10.1 Å². The Balaban J connectivity index is 2.69. The fourth-order valence-corrected chi connectivity index (χ4v) is 1.54. The molecule has 0 radical (unpaired) electrons. The fraction of sp³-hybridized carbons (Fsp3) is 0.462. The van der Waals surface area contributed by atoms with Gasteiger partial charge in [-0.25, -0.2) is 0 Å². The van der Waals surface area contributed by atoms with Gasteiger partial charge in [0.25, 0.3) is 0 Å². The molecular weight excluding hydrogens is 271 g/mol. The van der Waals surface area contributed by atoms with Crippen molar-refractivity contribution in [1.82, 2.24) is 10.3 Å². The number of aromatic nitrogens is 1. The molecule has 0 amide bonds. The number of ether oxygens (including phenoxy) is 1. The molecule has 0 saturated carbocycles. The molecule has 0 fully saturated rings. The lowest BCUT2D eigenvalue weighted by atomic mass is 10.2. The van der Waals surface area contributed by atoms with E-state index in [1.807, 2.05) is 19.1 Å². The van der Waals surface area contributed by atoms with Gasteiger partial charge in [-0.1, -0.05) is 30.1 Å². The van der Waals surface area contributed by atoms with Crippen molar-refractivity contribution in [2.45, 2.75) is 26.8 Å². The third-order valence-corrected chi connectivity index (χ3v) is 2.87. The van der Waals surface area contributed by atoms with Crippen LogP contribution in [0.15, 0.2) is 22.7 Å². The maximum atomic E-state index is 5.79. The maximum absolute atomic E-state index is 5.79. The number of aryl methyl sites for hydroxylation is 1. The van der Waals surface area contributed by atoms with Crippen molar-refractivity contribution in [2.24, 2.45) is 0 Å². The van der Waals surface area contributed by atoms with Crippen LogP contribution in [-0.4, -0.2) is 18.1 Å². The van der Waals surface area contributed by atoms with Gasteiger partial charge < -0.3 is 10.1 Å². The highest BCUT2D eigenvalue weighted by atomic mass is 35.5. The molecule has 0 unspecified atom stereocenters. The Labute approximate surface area is 118 Å². The Morgan fingerprint density at radius 3 is 2.94 bits per heavy atom. The molecular formula is C13H18Cl2N2O. The summed E-state index contributed by atoms with van der Waals surface area (Å²) in [5.41, 5.74) is 3.16. The van der Waals surface area contributed by atoms with Crippen LogP contribution in [-0.2, 0) is 6.54 Å². The van der Waals surface area contributed by atoms with Crippen molar-refractivity contribution in [3.05, 3.63) is 34.1 Å². The molecule has 1 heterocycles. The maximum Gasteiger partial charge on any atom is 0.142 e. The third-order valence-electron chi connectivity index (χ3n) is 2.27. The van der Waals surface area contributed by atoms with Gasteiger partial charge in [0.15, 0.2) is 0 Å². The van der Waals surface area contributed by atoms with Gasteiger partial charge in [0.05, 0.1) is 10.7 Å². The molecule has 1 N–H and O–H groups in total. The van der Waals surface area contributed by atoms with Crippen molar-refractivity contribution in [3.8, 4) is 5.75 Å². The number of rotatable bonds is 7. The van der Waals surface area contributed by atoms with Crippen LogP contribution in [0.3, 0.4) is 0 Å². The molecule has 0 aliphatic rings. The van der Waals surface area contributed by atoms with Crippen LogP contribution in [0.25, 0.3) is 0 Å². The summed E-state index contributed by atoms with van der Waals surface area (Å²) >= 11 is 11.3. The molecule has 0 saturated heterocycles. The molecule has 18 heavy (non-hydrogen) atoms. The van der Waals surface area contributed by atoms with E-state index in [2.05, 4.69) is 17.2 Å². The summed E-state index contributed by atoms with van der Waals surface area (Å²) < 4.78 is 5.59. The number of nitrogens with one attached hydrogen (secondary N) is 1. The van der Waals surface area contributed by atoms with Gasteiger partial charge in [0.2, 0.25) is 0 Å². The van der Waals surface area contributed by atoms with E-state index >= 15 is 0 Å². The van der Waals surface area contributed by atoms with Crippen molar-refractivity contribution in [2.75, 3.05) is 13.2 Å². The molecule has 1 aromatic heterocycles. The molecule has 0 aromatic carbocycles. The molecule has 5 heteroatoms. The SMILES string of the molecule is CCCNCc1nc(C)ccc1OCC(Cl)=CCl. The zero-order valence-electron chi connectivity index (χ0n) is 10.7. The topological polar surface area (TPSA) is 34.2 Å². The average Bonchev–Trinajstić information content (AvgIpc) is 2.37. The zero-order chi connectivity index (χ0) is 13.4. The molecule has 0 aliphatic heterocycles. The van der Waals surface area contributed by atoms with Crippen molar-refractivity contribution < 1.29 is 4.74 Å². The first-order chi connectivity index (χ1) is 8.67. The number of halogens is 2. The van der Waals surface area contributed by atoms with Gasteiger partial charge in [-0.3, -0.25) is 4.98 Å². The lowest BCUT2D eigenvalue weighted by Crippen LogP contribution is -2.16. The Morgan fingerprint density at radius 2 is 2.28 bits per heavy atom. The van der Waals surface area contributed by atoms with Crippen LogP contribution in [0.4, 0.5) is 0 Å². The Hall–Kier alpha value is -0.770. The lowest BCUT2D eigenvalue weighted by molar-refractivity contribution is 0.351. The van der Waals surface area contributed by atoms with E-state index in [-0.39, 0.29) is 6.61 Å². The lowest BCUT2D eigenvalue weighted by Gasteiger charge is -2.11. The van der Waals surface area contributed by atoms with E-state index in [0.717, 1.165) is 30.1 Å². The minimum atomic E-state index is 0.260. The smallest absolute Gasteiger partial charge is 0.142 e. The second kappa shape index (κ2) is 8.35. The Bertz CT molecular complexity index is 408. The highest BCUT2D eigenvalue weighted by Crippen LogP contribution is 2.18. The van der Waals surface area contributed by atoms with Gasteiger partial charge in [-0.15, -0.1) is 0 Å². The summed E-state index contributed by atoms with van der Waals surface area (Å²) in [5.74, 6) is 0.737. The summed E-state index contributed by atoms with van der Waals surface area (Å²) in [4.78, 5) is 4.47. The molecule has 100 valence electrons. The summed E-state index contributed by atoms with van der Waals surface area (Å²) in [6.45, 7) is 5.99. The van der Waals surface area contributed by atoms with E-state index in [0.29, 0.717) is 11.6 Å². The van der Waals surface area contributed by atoms with Crippen LogP contribution in [0.2, 0.25) is 0 Å². The minimum absolute atomic E-state index is 0.260. The first kappa shape index (κ1) is 15.3. The van der Waals surface area contributed by atoms with Gasteiger partial charge in [0.1, 0.15) is 12.4 Å². The zero-order valence-corrected chi connectivity index (χ0v) is 12.2. The molecule has 1 rings (SSSR count). The fourth-order valence-electron chi connectivity index (χ4n) is 1.42. The van der Waals surface area contributed by atoms with Crippen molar-refractivity contribution in [1.29, 1.82) is 0 Å². The van der Waals surface area contributed by atoms with Gasteiger partial charge in [-0.05, 0) is 32.0 Å². The molecule has 1 aromatic rings. The van der Waals surface area contributed by atoms with E-state index in [1.165, 1.54) is 5.54 Å². The van der Waals surface area contributed by atoms with E-state index < -0.39 is 0 Å². The summed E-state index contributed by atoms with van der Waals surface area (Å²) in [6, 6.07) is 3.82. The predicted molar refractivity (Wildman–Crippen MR) is 76.3 cm³/mol. The normalized spacial score (nSPS) is 11.7. The molecule has 0 bridgehead atoms. The minimum Gasteiger partial charge on any atom is -0.486 e. The molecule has 0 aliphatic carbocycles. The second-order valence-electron chi connectivity index (χ2n) is 3.92. The van der Waals surface area contributed by atoms with E-state index in [9.17, 15) is 0 Å². The van der Waals surface area contributed by atoms with E-state index in [4.69, 9.17) is 27.9 Å². The number of nitrogens with zero attached hydrogens (tertiary/aromatic N) is 1. The molecule has 0 spiro atoms. The third kappa shape index (κ3) is 5.25. The number of hydrogen-bond donors (Lipinski definition) is 1. The molecule has 3 nitrogen and oxygen atoms in total. The van der Waals surface area contributed by atoms with Crippen LogP contribution in [0.1, 0.15) is 24.7 Å². The van der Waals surface area contributed by atoms with Crippen LogP contribution >= 0.6 is 23.2 Å². The Morgan fingerprint density at radius 1 is 1.50 bits per heavy atom. The standard InChI is InChI=1S/C13H18Cl2N2O/c1-3-6-16-8-12-13(5-4-10(2)17-12)18-9-11(15)7-14/h4-5,7,16H,3,6,8-9H2,1-2H3. The van der Waals surface area contributed by atoms with Crippen LogP contribution in [0.5, 0.6) is 5.75 Å². The van der Waals surface area contributed by atoms with Crippen LogP contribution in [0, 0.1) is 6.92 Å². The summed E-state index contributed by atoms with van der Waals surface area (Å²) in [6.07, 6.45) is 1.09. The number of hydrogen-bond acceptors (Lipinski definition) is 3. The monoisotopic (exact) mass is 288 g/mol. The summed E-state index contributed by atoms with van der Waals surface area (Å²) in [5, 5.41) is 3.77. The second-order valence-corrected chi connectivity index (χ2v) is 4.62. The predicted octanol–water partition coefficient (Wildman–Crippen LogP) is 3.59. The van der Waals surface area contributed by atoms with Gasteiger partial charge >= 0.3 is 0 Å². The average molecular weight is 289 g/mol. The summed E-state index contributed by atoms with van der Waals surface area (Å²) in [7, 11) is 0. The largest absolute Gasteiger partial charge is 0.486 e. The van der Waals surface area contributed by atoms with Gasteiger partial charge in [0, 0.05) is 17.8 Å². The van der Waals surface area contributed by atoms with Crippen molar-refractivity contribution >= 4 is 23.2 Å². The quantitative estimate of drug-likeness (QED) is 0.779. The molecule has 0 atom stereocenters. The highest BCUT2D eigenvalue weighted by molar-refractivity contribution is 6.36.